The molecule has 2 aromatic rings. The lowest BCUT2D eigenvalue weighted by atomic mass is 10.1. The quantitative estimate of drug-likeness (QED) is 0.797. The van der Waals surface area contributed by atoms with Crippen LogP contribution < -0.4 is 29.2 Å². The van der Waals surface area contributed by atoms with Crippen molar-refractivity contribution in [2.75, 3.05) is 37.8 Å². The summed E-state index contributed by atoms with van der Waals surface area (Å²) in [6.45, 7) is 0.631. The van der Waals surface area contributed by atoms with Crippen molar-refractivity contribution in [1.82, 2.24) is 0 Å². The van der Waals surface area contributed by atoms with E-state index in [1.54, 1.807) is 41.3 Å². The largest absolute Gasteiger partial charge is 0.493 e. The van der Waals surface area contributed by atoms with Gasteiger partial charge in [-0.3, -0.25) is 9.59 Å². The first kappa shape index (κ1) is 18.0. The number of nitrogens with one attached hydrogen (secondary N) is 1. The van der Waals surface area contributed by atoms with Crippen LogP contribution in [-0.2, 0) is 9.59 Å². The molecule has 0 bridgehead atoms. The maximum absolute atomic E-state index is 12.8. The molecule has 0 spiro atoms. The smallest absolute Gasteiger partial charge is 0.239 e. The third-order valence-electron chi connectivity index (χ3n) is 4.84. The zero-order valence-corrected chi connectivity index (χ0v) is 15.6. The summed E-state index contributed by atoms with van der Waals surface area (Å²) in [4.78, 5) is 27.1. The number of nitrogens with zero attached hydrogens (tertiary/aromatic N) is 1. The summed E-state index contributed by atoms with van der Waals surface area (Å²) in [7, 11) is 3.06. The number of carbonyl (C=O) groups excluding carboxylic acids is 2. The highest BCUT2D eigenvalue weighted by Gasteiger charge is 2.38. The number of rotatable bonds is 5. The van der Waals surface area contributed by atoms with Crippen LogP contribution in [0.1, 0.15) is 6.42 Å². The average Bonchev–Trinajstić information content (AvgIpc) is 3.33. The van der Waals surface area contributed by atoms with Crippen LogP contribution in [-0.4, -0.2) is 39.4 Å². The molecule has 8 nitrogen and oxygen atoms in total. The molecule has 146 valence electrons. The maximum atomic E-state index is 12.8. The van der Waals surface area contributed by atoms with E-state index >= 15 is 0 Å². The van der Waals surface area contributed by atoms with Crippen molar-refractivity contribution in [2.45, 2.75) is 6.42 Å². The molecule has 2 aromatic carbocycles. The number of anilines is 2. The molecule has 1 N–H and O–H groups in total. The van der Waals surface area contributed by atoms with Gasteiger partial charge in [-0.25, -0.2) is 0 Å². The number of ether oxygens (including phenoxy) is 4. The Morgan fingerprint density at radius 3 is 2.64 bits per heavy atom. The van der Waals surface area contributed by atoms with Gasteiger partial charge >= 0.3 is 0 Å². The van der Waals surface area contributed by atoms with Crippen molar-refractivity contribution in [3.63, 3.8) is 0 Å². The molecule has 2 amide bonds. The van der Waals surface area contributed by atoms with Crippen molar-refractivity contribution in [3.8, 4) is 23.0 Å². The van der Waals surface area contributed by atoms with E-state index in [2.05, 4.69) is 5.32 Å². The van der Waals surface area contributed by atoms with Gasteiger partial charge in [0.05, 0.1) is 14.2 Å². The number of carbonyl (C=O) groups is 2. The van der Waals surface area contributed by atoms with E-state index < -0.39 is 5.92 Å². The number of fused-ring (bicyclic) bond motifs is 1. The van der Waals surface area contributed by atoms with Crippen LogP contribution in [0.15, 0.2) is 36.4 Å². The first-order chi connectivity index (χ1) is 13.6. The monoisotopic (exact) mass is 384 g/mol. The van der Waals surface area contributed by atoms with Crippen molar-refractivity contribution >= 4 is 23.2 Å². The Kier molecular flexibility index (Phi) is 4.68. The molecule has 8 heteroatoms. The van der Waals surface area contributed by atoms with Gasteiger partial charge in [0.15, 0.2) is 23.0 Å². The maximum Gasteiger partial charge on any atom is 0.239 e. The van der Waals surface area contributed by atoms with Gasteiger partial charge in [-0.1, -0.05) is 0 Å². The Bertz CT molecular complexity index is 929. The van der Waals surface area contributed by atoms with Gasteiger partial charge in [-0.15, -0.1) is 0 Å². The summed E-state index contributed by atoms with van der Waals surface area (Å²) >= 11 is 0. The normalized spacial score (nSPS) is 17.6. The Labute approximate surface area is 161 Å². The second kappa shape index (κ2) is 7.30. The second-order valence-electron chi connectivity index (χ2n) is 6.43. The lowest BCUT2D eigenvalue weighted by Gasteiger charge is -2.17. The Balaban J connectivity index is 1.47. The van der Waals surface area contributed by atoms with Gasteiger partial charge < -0.3 is 29.2 Å². The van der Waals surface area contributed by atoms with Gasteiger partial charge in [0, 0.05) is 30.1 Å². The summed E-state index contributed by atoms with van der Waals surface area (Å²) in [5.74, 6) is 0.976. The second-order valence-corrected chi connectivity index (χ2v) is 6.43. The third-order valence-corrected chi connectivity index (χ3v) is 4.84. The number of methoxy groups -OCH3 is 2. The zero-order valence-electron chi connectivity index (χ0n) is 15.6. The molecule has 2 heterocycles. The van der Waals surface area contributed by atoms with E-state index in [0.717, 1.165) is 0 Å². The van der Waals surface area contributed by atoms with E-state index in [4.69, 9.17) is 18.9 Å². The molecule has 2 aliphatic rings. The molecular weight excluding hydrogens is 364 g/mol. The van der Waals surface area contributed by atoms with Crippen LogP contribution in [0.3, 0.4) is 0 Å². The summed E-state index contributed by atoms with van der Waals surface area (Å²) < 4.78 is 21.1. The topological polar surface area (TPSA) is 86.3 Å². The highest BCUT2D eigenvalue weighted by Crippen LogP contribution is 2.37. The van der Waals surface area contributed by atoms with Gasteiger partial charge in [-0.2, -0.15) is 0 Å². The minimum Gasteiger partial charge on any atom is -0.493 e. The predicted octanol–water partition coefficient (Wildman–Crippen LogP) is 2.42. The summed E-state index contributed by atoms with van der Waals surface area (Å²) in [6.07, 6.45) is 0.437. The first-order valence-electron chi connectivity index (χ1n) is 8.84. The van der Waals surface area contributed by atoms with Crippen molar-refractivity contribution in [3.05, 3.63) is 36.4 Å². The lowest BCUT2D eigenvalue weighted by Crippen LogP contribution is -2.33. The summed E-state index contributed by atoms with van der Waals surface area (Å²) in [5.41, 5.74) is 1.23. The average molecular weight is 384 g/mol. The molecule has 4 rings (SSSR count). The van der Waals surface area contributed by atoms with Gasteiger partial charge in [0.1, 0.15) is 5.92 Å². The van der Waals surface area contributed by atoms with E-state index in [0.29, 0.717) is 47.3 Å². The SMILES string of the molecule is COc1ccc(NC(=O)[C@H]2CCN(c3ccc4c(c3)OCO4)C2=O)cc1OC. The Morgan fingerprint density at radius 2 is 1.86 bits per heavy atom. The summed E-state index contributed by atoms with van der Waals surface area (Å²) in [6, 6.07) is 10.4. The number of benzene rings is 2. The molecule has 1 atom stereocenters. The minimum atomic E-state index is -0.751. The molecule has 2 aliphatic heterocycles. The van der Waals surface area contributed by atoms with Crippen LogP contribution in [0.25, 0.3) is 0 Å². The van der Waals surface area contributed by atoms with Gasteiger partial charge in [-0.05, 0) is 30.7 Å². The molecule has 0 saturated carbocycles. The van der Waals surface area contributed by atoms with Crippen LogP contribution >= 0.6 is 0 Å². The van der Waals surface area contributed by atoms with Crippen LogP contribution in [0.2, 0.25) is 0 Å². The van der Waals surface area contributed by atoms with E-state index in [1.165, 1.54) is 14.2 Å². The van der Waals surface area contributed by atoms with E-state index in [1.807, 2.05) is 0 Å². The minimum absolute atomic E-state index is 0.170. The number of hydrogen-bond acceptors (Lipinski definition) is 6. The molecule has 1 fully saturated rings. The van der Waals surface area contributed by atoms with Crippen molar-refractivity contribution in [2.24, 2.45) is 5.92 Å². The highest BCUT2D eigenvalue weighted by molar-refractivity contribution is 6.13. The first-order valence-corrected chi connectivity index (χ1v) is 8.84. The Hall–Kier alpha value is -3.42. The highest BCUT2D eigenvalue weighted by atomic mass is 16.7. The molecule has 0 aliphatic carbocycles. The molecule has 0 radical (unpaired) electrons. The molecular formula is C20H20N2O6. The number of amides is 2. The fourth-order valence-corrected chi connectivity index (χ4v) is 3.38. The molecule has 0 aromatic heterocycles. The predicted molar refractivity (Wildman–Crippen MR) is 101 cm³/mol. The fourth-order valence-electron chi connectivity index (χ4n) is 3.38. The summed E-state index contributed by atoms with van der Waals surface area (Å²) in [5, 5.41) is 2.79. The van der Waals surface area contributed by atoms with Crippen LogP contribution in [0.4, 0.5) is 11.4 Å². The lowest BCUT2D eigenvalue weighted by molar-refractivity contribution is -0.129. The van der Waals surface area contributed by atoms with Gasteiger partial charge in [0.25, 0.3) is 0 Å². The van der Waals surface area contributed by atoms with Crippen molar-refractivity contribution in [1.29, 1.82) is 0 Å². The molecule has 1 saturated heterocycles. The van der Waals surface area contributed by atoms with E-state index in [9.17, 15) is 9.59 Å². The van der Waals surface area contributed by atoms with E-state index in [-0.39, 0.29) is 18.6 Å². The van der Waals surface area contributed by atoms with Crippen LogP contribution in [0.5, 0.6) is 23.0 Å². The van der Waals surface area contributed by atoms with Crippen LogP contribution in [0, 0.1) is 5.92 Å². The third kappa shape index (κ3) is 3.17. The van der Waals surface area contributed by atoms with Gasteiger partial charge in [0.2, 0.25) is 18.6 Å². The molecule has 0 unspecified atom stereocenters. The molecule has 28 heavy (non-hydrogen) atoms. The Morgan fingerprint density at radius 1 is 1.07 bits per heavy atom. The zero-order chi connectivity index (χ0) is 19.7. The standard InChI is InChI=1S/C20H20N2O6/c1-25-15-5-3-12(9-17(15)26-2)21-19(23)14-7-8-22(20(14)24)13-4-6-16-18(10-13)28-11-27-16/h3-6,9-10,14H,7-8,11H2,1-2H3,(H,21,23)/t14-/m1/s1. The van der Waals surface area contributed by atoms with Crippen molar-refractivity contribution < 1.29 is 28.5 Å². The number of hydrogen-bond donors (Lipinski definition) is 1. The fraction of sp³-hybridized carbons (Fsp3) is 0.300.